The van der Waals surface area contributed by atoms with Crippen LogP contribution in [0.4, 0.5) is 8.78 Å². The molecule has 2 heterocycles. The summed E-state index contributed by atoms with van der Waals surface area (Å²) in [6.07, 6.45) is 1.99. The largest absolute Gasteiger partial charge is 0.454 e. The van der Waals surface area contributed by atoms with E-state index in [4.69, 9.17) is 4.42 Å². The van der Waals surface area contributed by atoms with Crippen molar-refractivity contribution < 1.29 is 17.8 Å². The molecule has 0 N–H and O–H groups in total. The molecule has 2 aromatic heterocycles. The highest BCUT2D eigenvalue weighted by Gasteiger charge is 2.22. The number of fused-ring (bicyclic) bond motifs is 3. The third kappa shape index (κ3) is 2.71. The zero-order valence-electron chi connectivity index (χ0n) is 16.0. The summed E-state index contributed by atoms with van der Waals surface area (Å²) in [5.41, 5.74) is 5.18. The second kappa shape index (κ2) is 6.52. The first kappa shape index (κ1) is 17.6. The van der Waals surface area contributed by atoms with Crippen molar-refractivity contribution >= 4 is 21.9 Å². The Morgan fingerprint density at radius 2 is 1.45 bits per heavy atom. The molecule has 0 saturated heterocycles. The molecule has 5 aromatic rings. The summed E-state index contributed by atoms with van der Waals surface area (Å²) in [7, 11) is 1.99. The van der Waals surface area contributed by atoms with E-state index in [1.807, 2.05) is 49.0 Å². The maximum absolute atomic E-state index is 14.8. The number of aryl methyl sites for hydroxylation is 2. The van der Waals surface area contributed by atoms with Crippen molar-refractivity contribution in [1.82, 2.24) is 0 Å². The van der Waals surface area contributed by atoms with Gasteiger partial charge in [0.2, 0.25) is 5.69 Å². The fourth-order valence-corrected chi connectivity index (χ4v) is 3.96. The zero-order valence-corrected chi connectivity index (χ0v) is 16.0. The van der Waals surface area contributed by atoms with Gasteiger partial charge in [0.1, 0.15) is 29.8 Å². The lowest BCUT2D eigenvalue weighted by atomic mass is 9.99. The number of aromatic nitrogens is 1. The van der Waals surface area contributed by atoms with Crippen LogP contribution >= 0.6 is 0 Å². The lowest BCUT2D eigenvalue weighted by Crippen LogP contribution is -2.30. The van der Waals surface area contributed by atoms with Gasteiger partial charge in [0, 0.05) is 22.9 Å². The first-order valence-electron chi connectivity index (χ1n) is 9.40. The van der Waals surface area contributed by atoms with Gasteiger partial charge in [-0.15, -0.1) is 0 Å². The summed E-state index contributed by atoms with van der Waals surface area (Å²) < 4.78 is 36.6. The van der Waals surface area contributed by atoms with Crippen LogP contribution in [0.15, 0.2) is 77.3 Å². The van der Waals surface area contributed by atoms with Crippen LogP contribution < -0.4 is 4.57 Å². The first-order chi connectivity index (χ1) is 14.0. The highest BCUT2D eigenvalue weighted by molar-refractivity contribution is 6.13. The van der Waals surface area contributed by atoms with Crippen molar-refractivity contribution in [1.29, 1.82) is 0 Å². The highest BCUT2D eigenvalue weighted by atomic mass is 19.1. The van der Waals surface area contributed by atoms with E-state index in [0.29, 0.717) is 16.7 Å². The Hall–Kier alpha value is -3.53. The van der Waals surface area contributed by atoms with Crippen molar-refractivity contribution in [3.63, 3.8) is 0 Å². The second-order valence-corrected chi connectivity index (χ2v) is 7.24. The van der Waals surface area contributed by atoms with Gasteiger partial charge in [0.05, 0.1) is 11.1 Å². The molecule has 0 amide bonds. The van der Waals surface area contributed by atoms with Crippen LogP contribution in [0.1, 0.15) is 5.56 Å². The molecule has 0 aliphatic carbocycles. The average molecular weight is 386 g/mol. The molecule has 142 valence electrons. The van der Waals surface area contributed by atoms with Crippen LogP contribution in [0.25, 0.3) is 44.3 Å². The molecule has 0 aliphatic rings. The highest BCUT2D eigenvalue weighted by Crippen LogP contribution is 2.41. The predicted molar refractivity (Wildman–Crippen MR) is 110 cm³/mol. The summed E-state index contributed by atoms with van der Waals surface area (Å²) in [6, 6.07) is 19.1. The first-order valence-corrected chi connectivity index (χ1v) is 9.40. The average Bonchev–Trinajstić information content (AvgIpc) is 3.08. The van der Waals surface area contributed by atoms with Gasteiger partial charge < -0.3 is 4.42 Å². The number of pyridine rings is 1. The molecule has 0 aliphatic heterocycles. The van der Waals surface area contributed by atoms with E-state index in [1.54, 1.807) is 18.2 Å². The van der Waals surface area contributed by atoms with Crippen LogP contribution in [-0.2, 0) is 7.05 Å². The standard InChI is InChI=1S/C25H18F2NO/c1-15-6-11-18-19-12-13-20(27)23(16-7-9-17(26)10-8-16)25(19)29-24(18)22(15)21-5-3-4-14-28(21)2/h3-14H,1-2H3/q+1. The van der Waals surface area contributed by atoms with Crippen molar-refractivity contribution in [2.45, 2.75) is 6.92 Å². The number of rotatable bonds is 2. The predicted octanol–water partition coefficient (Wildman–Crippen LogP) is 6.33. The molecule has 0 atom stereocenters. The number of hydrogen-bond donors (Lipinski definition) is 0. The summed E-state index contributed by atoms with van der Waals surface area (Å²) in [5, 5.41) is 1.76. The molecular formula is C25H18F2NO+. The van der Waals surface area contributed by atoms with Gasteiger partial charge in [-0.2, -0.15) is 0 Å². The summed E-state index contributed by atoms with van der Waals surface area (Å²) in [4.78, 5) is 0. The Labute approximate surface area is 166 Å². The Kier molecular flexibility index (Phi) is 3.95. The number of hydrogen-bond acceptors (Lipinski definition) is 1. The van der Waals surface area contributed by atoms with Gasteiger partial charge >= 0.3 is 0 Å². The van der Waals surface area contributed by atoms with Gasteiger partial charge in [-0.25, -0.2) is 13.3 Å². The summed E-state index contributed by atoms with van der Waals surface area (Å²) >= 11 is 0. The summed E-state index contributed by atoms with van der Waals surface area (Å²) in [6.45, 7) is 2.04. The third-order valence-electron chi connectivity index (χ3n) is 5.41. The minimum absolute atomic E-state index is 0.347. The zero-order chi connectivity index (χ0) is 20.1. The van der Waals surface area contributed by atoms with Crippen LogP contribution in [-0.4, -0.2) is 0 Å². The maximum atomic E-state index is 14.8. The Bertz CT molecular complexity index is 1380. The molecule has 0 fully saturated rings. The Balaban J connectivity index is 1.89. The molecule has 5 rings (SSSR count). The van der Waals surface area contributed by atoms with Crippen LogP contribution in [0, 0.1) is 18.6 Å². The second-order valence-electron chi connectivity index (χ2n) is 7.24. The molecule has 0 spiro atoms. The normalized spacial score (nSPS) is 11.4. The lowest BCUT2D eigenvalue weighted by Gasteiger charge is -2.05. The Morgan fingerprint density at radius 1 is 0.759 bits per heavy atom. The summed E-state index contributed by atoms with van der Waals surface area (Å²) in [5.74, 6) is -0.757. The maximum Gasteiger partial charge on any atom is 0.216 e. The van der Waals surface area contributed by atoms with E-state index in [-0.39, 0.29) is 5.82 Å². The number of benzene rings is 3. The van der Waals surface area contributed by atoms with Gasteiger partial charge in [-0.05, 0) is 48.4 Å². The minimum atomic E-state index is -0.397. The van der Waals surface area contributed by atoms with Crippen molar-refractivity contribution in [2.75, 3.05) is 0 Å². The number of nitrogens with zero attached hydrogens (tertiary/aromatic N) is 1. The fourth-order valence-electron chi connectivity index (χ4n) is 3.96. The van der Waals surface area contributed by atoms with E-state index < -0.39 is 5.82 Å². The third-order valence-corrected chi connectivity index (χ3v) is 5.41. The van der Waals surface area contributed by atoms with Crippen LogP contribution in [0.5, 0.6) is 0 Å². The van der Waals surface area contributed by atoms with Crippen molar-refractivity contribution in [2.24, 2.45) is 7.05 Å². The van der Waals surface area contributed by atoms with E-state index in [1.165, 1.54) is 18.2 Å². The molecule has 3 aromatic carbocycles. The quantitative estimate of drug-likeness (QED) is 0.324. The molecule has 0 unspecified atom stereocenters. The molecule has 0 bridgehead atoms. The monoisotopic (exact) mass is 386 g/mol. The van der Waals surface area contributed by atoms with Gasteiger partial charge in [-0.1, -0.05) is 24.3 Å². The van der Waals surface area contributed by atoms with E-state index in [0.717, 1.165) is 33.2 Å². The molecule has 0 radical (unpaired) electrons. The number of halogens is 2. The van der Waals surface area contributed by atoms with Gasteiger partial charge in [0.25, 0.3) is 0 Å². The Morgan fingerprint density at radius 3 is 2.17 bits per heavy atom. The van der Waals surface area contributed by atoms with E-state index in [9.17, 15) is 8.78 Å². The topological polar surface area (TPSA) is 17.0 Å². The van der Waals surface area contributed by atoms with Gasteiger partial charge in [0.15, 0.2) is 6.20 Å². The molecule has 29 heavy (non-hydrogen) atoms. The minimum Gasteiger partial charge on any atom is -0.454 e. The molecule has 0 saturated carbocycles. The van der Waals surface area contributed by atoms with Crippen LogP contribution in [0.3, 0.4) is 0 Å². The van der Waals surface area contributed by atoms with Crippen LogP contribution in [0.2, 0.25) is 0 Å². The van der Waals surface area contributed by atoms with Crippen molar-refractivity contribution in [3.8, 4) is 22.4 Å². The molecule has 4 heteroatoms. The lowest BCUT2D eigenvalue weighted by molar-refractivity contribution is -0.660. The smallest absolute Gasteiger partial charge is 0.216 e. The number of furan rings is 1. The van der Waals surface area contributed by atoms with E-state index in [2.05, 4.69) is 6.07 Å². The fraction of sp³-hybridized carbons (Fsp3) is 0.0800. The molecule has 2 nitrogen and oxygen atoms in total. The molecular weight excluding hydrogens is 368 g/mol. The SMILES string of the molecule is Cc1ccc2c(oc3c(-c4ccc(F)cc4)c(F)ccc32)c1-c1cccc[n+]1C. The van der Waals surface area contributed by atoms with Gasteiger partial charge in [-0.3, -0.25) is 0 Å². The van der Waals surface area contributed by atoms with E-state index >= 15 is 0 Å². The van der Waals surface area contributed by atoms with Crippen molar-refractivity contribution in [3.05, 3.63) is 90.1 Å².